The molecule has 0 bridgehead atoms. The summed E-state index contributed by atoms with van der Waals surface area (Å²) in [6.45, 7) is 7.67. The molecule has 4 rings (SSSR count). The topological polar surface area (TPSA) is 67.6 Å². The molecule has 1 saturated carbocycles. The number of rotatable bonds is 6. The molecule has 3 atom stereocenters. The molecule has 2 saturated heterocycles. The maximum Gasteiger partial charge on any atom is 0.222 e. The molecular weight excluding hydrogens is 306 g/mol. The number of hydrogen-bond acceptors (Lipinski definition) is 5. The van der Waals surface area contributed by atoms with Crippen molar-refractivity contribution in [3.05, 3.63) is 17.0 Å². The van der Waals surface area contributed by atoms with Gasteiger partial charge in [0.1, 0.15) is 5.76 Å². The molecule has 0 aromatic carbocycles. The van der Waals surface area contributed by atoms with Gasteiger partial charge in [0, 0.05) is 37.7 Å². The summed E-state index contributed by atoms with van der Waals surface area (Å²) >= 11 is 0. The first-order valence-electron chi connectivity index (χ1n) is 9.14. The minimum Gasteiger partial charge on any atom is -0.373 e. The van der Waals surface area contributed by atoms with E-state index in [-0.39, 0.29) is 18.1 Å². The van der Waals surface area contributed by atoms with Crippen molar-refractivity contribution < 1.29 is 14.1 Å². The number of carbonyl (C=O) groups is 1. The van der Waals surface area contributed by atoms with Gasteiger partial charge in [0.15, 0.2) is 0 Å². The monoisotopic (exact) mass is 333 g/mol. The van der Waals surface area contributed by atoms with Crippen LogP contribution >= 0.6 is 0 Å². The van der Waals surface area contributed by atoms with E-state index in [2.05, 4.69) is 15.4 Å². The van der Waals surface area contributed by atoms with Crippen molar-refractivity contribution >= 4 is 5.91 Å². The second-order valence-electron chi connectivity index (χ2n) is 7.74. The third-order valence-corrected chi connectivity index (χ3v) is 5.65. The molecular formula is C18H27N3O3. The summed E-state index contributed by atoms with van der Waals surface area (Å²) in [4.78, 5) is 14.4. The number of carbonyl (C=O) groups excluding carboxylic acids is 1. The maximum atomic E-state index is 12.0. The van der Waals surface area contributed by atoms with E-state index in [1.54, 1.807) is 0 Å². The second-order valence-corrected chi connectivity index (χ2v) is 7.74. The van der Waals surface area contributed by atoms with Gasteiger partial charge >= 0.3 is 0 Å². The van der Waals surface area contributed by atoms with E-state index in [1.165, 1.54) is 18.4 Å². The van der Waals surface area contributed by atoms with Crippen LogP contribution in [0.3, 0.4) is 0 Å². The average Bonchev–Trinajstić information content (AvgIpc) is 3.09. The molecule has 1 aliphatic carbocycles. The highest BCUT2D eigenvalue weighted by molar-refractivity contribution is 5.76. The fourth-order valence-electron chi connectivity index (χ4n) is 4.02. The smallest absolute Gasteiger partial charge is 0.222 e. The number of amides is 1. The first kappa shape index (κ1) is 16.1. The zero-order valence-electron chi connectivity index (χ0n) is 14.6. The normalized spacial score (nSPS) is 29.8. The highest BCUT2D eigenvalue weighted by atomic mass is 16.5. The predicted octanol–water partition coefficient (Wildman–Crippen LogP) is 1.80. The molecule has 132 valence electrons. The number of fused-ring (bicyclic) bond motifs is 1. The minimum atomic E-state index is 0.0976. The van der Waals surface area contributed by atoms with Gasteiger partial charge in [0.2, 0.25) is 5.91 Å². The Kier molecular flexibility index (Phi) is 4.35. The molecule has 1 N–H and O–H groups in total. The quantitative estimate of drug-likeness (QED) is 0.860. The molecule has 1 aromatic rings. The van der Waals surface area contributed by atoms with Crippen LogP contribution in [0.15, 0.2) is 4.52 Å². The maximum absolute atomic E-state index is 12.0. The molecule has 3 heterocycles. The van der Waals surface area contributed by atoms with Gasteiger partial charge in [-0.1, -0.05) is 5.16 Å². The van der Waals surface area contributed by atoms with Crippen LogP contribution in [0.1, 0.15) is 42.7 Å². The highest BCUT2D eigenvalue weighted by Gasteiger charge is 2.42. The Morgan fingerprint density at radius 1 is 1.33 bits per heavy atom. The summed E-state index contributed by atoms with van der Waals surface area (Å²) < 4.78 is 11.4. The Morgan fingerprint density at radius 3 is 2.83 bits per heavy atom. The molecule has 3 fully saturated rings. The number of aromatic nitrogens is 1. The molecule has 2 aliphatic heterocycles. The minimum absolute atomic E-state index is 0.0976. The van der Waals surface area contributed by atoms with Crippen LogP contribution in [0, 0.1) is 25.7 Å². The van der Waals surface area contributed by atoms with E-state index < -0.39 is 0 Å². The zero-order chi connectivity index (χ0) is 16.7. The van der Waals surface area contributed by atoms with E-state index in [0.717, 1.165) is 50.0 Å². The van der Waals surface area contributed by atoms with Crippen LogP contribution in [-0.4, -0.2) is 47.8 Å². The largest absolute Gasteiger partial charge is 0.373 e. The standard InChI is InChI=1S/C18H27N3O3/c1-11-16(12(2)24-20-11)9-21-8-14-5-15(23-17(14)10-21)6-18(22)19-7-13-3-4-13/h13-15,17H,3-10H2,1-2H3,(H,19,22)/t14-,15+,17+/m0/s1. The van der Waals surface area contributed by atoms with E-state index >= 15 is 0 Å². The van der Waals surface area contributed by atoms with Crippen molar-refractivity contribution in [1.29, 1.82) is 0 Å². The van der Waals surface area contributed by atoms with E-state index in [9.17, 15) is 4.79 Å². The van der Waals surface area contributed by atoms with Crippen molar-refractivity contribution in [2.75, 3.05) is 19.6 Å². The Morgan fingerprint density at radius 2 is 2.17 bits per heavy atom. The first-order valence-corrected chi connectivity index (χ1v) is 9.14. The first-order chi connectivity index (χ1) is 11.6. The van der Waals surface area contributed by atoms with Crippen molar-refractivity contribution in [3.63, 3.8) is 0 Å². The average molecular weight is 333 g/mol. The van der Waals surface area contributed by atoms with Gasteiger partial charge < -0.3 is 14.6 Å². The van der Waals surface area contributed by atoms with Crippen molar-refractivity contribution in [2.45, 2.75) is 58.3 Å². The van der Waals surface area contributed by atoms with Crippen LogP contribution in [0.4, 0.5) is 0 Å². The lowest BCUT2D eigenvalue weighted by Gasteiger charge is -2.19. The third-order valence-electron chi connectivity index (χ3n) is 5.65. The summed E-state index contributed by atoms with van der Waals surface area (Å²) in [5, 5.41) is 7.07. The predicted molar refractivity (Wildman–Crippen MR) is 88.4 cm³/mol. The molecule has 0 radical (unpaired) electrons. The number of likely N-dealkylation sites (tertiary alicyclic amines) is 1. The highest BCUT2D eigenvalue weighted by Crippen LogP contribution is 2.35. The zero-order valence-corrected chi connectivity index (χ0v) is 14.6. The molecule has 3 aliphatic rings. The number of nitrogens with one attached hydrogen (secondary N) is 1. The van der Waals surface area contributed by atoms with Crippen molar-refractivity contribution in [1.82, 2.24) is 15.4 Å². The number of hydrogen-bond donors (Lipinski definition) is 1. The van der Waals surface area contributed by atoms with E-state index in [4.69, 9.17) is 9.26 Å². The number of ether oxygens (including phenoxy) is 1. The van der Waals surface area contributed by atoms with Crippen LogP contribution < -0.4 is 5.32 Å². The summed E-state index contributed by atoms with van der Waals surface area (Å²) in [6.07, 6.45) is 4.42. The summed E-state index contributed by atoms with van der Waals surface area (Å²) in [5.41, 5.74) is 2.18. The van der Waals surface area contributed by atoms with Gasteiger partial charge in [0.05, 0.1) is 24.3 Å². The lowest BCUT2D eigenvalue weighted by Crippen LogP contribution is -2.30. The number of nitrogens with zero attached hydrogens (tertiary/aromatic N) is 2. The molecule has 6 heteroatoms. The van der Waals surface area contributed by atoms with Crippen LogP contribution in [0.2, 0.25) is 0 Å². The fourth-order valence-corrected chi connectivity index (χ4v) is 4.02. The molecule has 1 aromatic heterocycles. The summed E-state index contributed by atoms with van der Waals surface area (Å²) in [5.74, 6) is 2.34. The Balaban J connectivity index is 1.23. The van der Waals surface area contributed by atoms with Crippen LogP contribution in [-0.2, 0) is 16.1 Å². The van der Waals surface area contributed by atoms with E-state index in [0.29, 0.717) is 12.3 Å². The van der Waals surface area contributed by atoms with Gasteiger partial charge in [-0.25, -0.2) is 0 Å². The molecule has 6 nitrogen and oxygen atoms in total. The Hall–Kier alpha value is -1.40. The van der Waals surface area contributed by atoms with Gasteiger partial charge in [-0.15, -0.1) is 0 Å². The molecule has 0 unspecified atom stereocenters. The van der Waals surface area contributed by atoms with E-state index in [1.807, 2.05) is 13.8 Å². The summed E-state index contributed by atoms with van der Waals surface area (Å²) in [7, 11) is 0. The summed E-state index contributed by atoms with van der Waals surface area (Å²) in [6, 6.07) is 0. The third kappa shape index (κ3) is 3.49. The van der Waals surface area contributed by atoms with Gasteiger partial charge in [0.25, 0.3) is 0 Å². The van der Waals surface area contributed by atoms with Gasteiger partial charge in [-0.2, -0.15) is 0 Å². The molecule has 24 heavy (non-hydrogen) atoms. The van der Waals surface area contributed by atoms with Gasteiger partial charge in [-0.3, -0.25) is 9.69 Å². The Labute approximate surface area is 142 Å². The van der Waals surface area contributed by atoms with Crippen LogP contribution in [0.5, 0.6) is 0 Å². The second kappa shape index (κ2) is 6.48. The molecule has 1 amide bonds. The lowest BCUT2D eigenvalue weighted by atomic mass is 10.0. The van der Waals surface area contributed by atoms with Crippen molar-refractivity contribution in [3.8, 4) is 0 Å². The van der Waals surface area contributed by atoms with Crippen molar-refractivity contribution in [2.24, 2.45) is 11.8 Å². The molecule has 0 spiro atoms. The SMILES string of the molecule is Cc1noc(C)c1CN1C[C@@H]2C[C@H](CC(=O)NCC3CC3)O[C@@H]2C1. The fraction of sp³-hybridized carbons (Fsp3) is 0.778. The number of aryl methyl sites for hydroxylation is 2. The van der Waals surface area contributed by atoms with Gasteiger partial charge in [-0.05, 0) is 39.0 Å². The van der Waals surface area contributed by atoms with Crippen LogP contribution in [0.25, 0.3) is 0 Å². The Bertz CT molecular complexity index is 577. The lowest BCUT2D eigenvalue weighted by molar-refractivity contribution is -0.123.